The number of non-ortho nitro benzene ring substituents is 1. The molecule has 1 fully saturated rings. The number of nitro benzene ring substituents is 1. The van der Waals surface area contributed by atoms with Crippen LogP contribution in [0.5, 0.6) is 0 Å². The van der Waals surface area contributed by atoms with Gasteiger partial charge in [0, 0.05) is 48.9 Å². The van der Waals surface area contributed by atoms with Gasteiger partial charge >= 0.3 is 0 Å². The number of sulfonamides is 1. The lowest BCUT2D eigenvalue weighted by atomic mass is 10.2. The summed E-state index contributed by atoms with van der Waals surface area (Å²) in [5.41, 5.74) is 0.936. The van der Waals surface area contributed by atoms with Crippen LogP contribution in [0.1, 0.15) is 24.4 Å². The van der Waals surface area contributed by atoms with Crippen molar-refractivity contribution in [1.82, 2.24) is 19.4 Å². The normalized spacial score (nSPS) is 16.6. The molecule has 174 valence electrons. The zero-order chi connectivity index (χ0) is 23.8. The second kappa shape index (κ2) is 9.18. The van der Waals surface area contributed by atoms with Crippen molar-refractivity contribution in [3.05, 3.63) is 69.1 Å². The highest BCUT2D eigenvalue weighted by molar-refractivity contribution is 7.89. The van der Waals surface area contributed by atoms with Crippen LogP contribution >= 0.6 is 11.6 Å². The van der Waals surface area contributed by atoms with Crippen molar-refractivity contribution in [3.63, 3.8) is 0 Å². The minimum Gasteiger partial charge on any atom is -0.419 e. The third-order valence-corrected chi connectivity index (χ3v) is 7.97. The van der Waals surface area contributed by atoms with E-state index in [0.717, 1.165) is 11.6 Å². The molecule has 3 aromatic rings. The number of nitrogens with zero attached hydrogens (tertiary/aromatic N) is 5. The SMILES string of the molecule is Cc1ccc([N+](=O)[O-])cc1S(=O)(=O)N1CCN([C@H](C)c2nnc(-c3cccc(Cl)c3)o2)CC1. The third kappa shape index (κ3) is 4.76. The maximum absolute atomic E-state index is 13.2. The molecule has 0 spiro atoms. The number of piperazine rings is 1. The van der Waals surface area contributed by atoms with E-state index >= 15 is 0 Å². The van der Waals surface area contributed by atoms with Gasteiger partial charge in [0.25, 0.3) is 5.69 Å². The molecule has 1 aliphatic heterocycles. The zero-order valence-electron chi connectivity index (χ0n) is 18.0. The Balaban J connectivity index is 1.46. The van der Waals surface area contributed by atoms with Gasteiger partial charge in [0.2, 0.25) is 21.8 Å². The number of rotatable bonds is 6. The second-order valence-electron chi connectivity index (χ2n) is 7.78. The Hall–Kier alpha value is -2.86. The number of benzene rings is 2. The van der Waals surface area contributed by atoms with E-state index in [9.17, 15) is 18.5 Å². The van der Waals surface area contributed by atoms with Crippen LogP contribution in [0.25, 0.3) is 11.5 Å². The zero-order valence-corrected chi connectivity index (χ0v) is 19.6. The number of hydrogen-bond acceptors (Lipinski definition) is 8. The van der Waals surface area contributed by atoms with E-state index in [4.69, 9.17) is 16.0 Å². The van der Waals surface area contributed by atoms with Gasteiger partial charge < -0.3 is 4.42 Å². The van der Waals surface area contributed by atoms with Crippen molar-refractivity contribution in [3.8, 4) is 11.5 Å². The summed E-state index contributed by atoms with van der Waals surface area (Å²) in [6.45, 7) is 4.92. The molecule has 1 aromatic heterocycles. The first-order valence-corrected chi connectivity index (χ1v) is 12.1. The molecular weight excluding hydrogens is 470 g/mol. The quantitative estimate of drug-likeness (QED) is 0.378. The minimum absolute atomic E-state index is 0.0405. The fraction of sp³-hybridized carbons (Fsp3) is 0.333. The van der Waals surface area contributed by atoms with Crippen molar-refractivity contribution < 1.29 is 17.8 Å². The largest absolute Gasteiger partial charge is 0.419 e. The number of hydrogen-bond donors (Lipinski definition) is 0. The van der Waals surface area contributed by atoms with Crippen LogP contribution in [0, 0.1) is 17.0 Å². The summed E-state index contributed by atoms with van der Waals surface area (Å²) in [6.07, 6.45) is 0. The summed E-state index contributed by atoms with van der Waals surface area (Å²) in [4.78, 5) is 12.5. The van der Waals surface area contributed by atoms with Gasteiger partial charge in [-0.15, -0.1) is 10.2 Å². The first-order chi connectivity index (χ1) is 15.7. The predicted molar refractivity (Wildman–Crippen MR) is 121 cm³/mol. The summed E-state index contributed by atoms with van der Waals surface area (Å²) >= 11 is 6.03. The van der Waals surface area contributed by atoms with E-state index in [0.29, 0.717) is 35.5 Å². The Kier molecular flexibility index (Phi) is 6.48. The lowest BCUT2D eigenvalue weighted by molar-refractivity contribution is -0.385. The number of aryl methyl sites for hydroxylation is 1. The second-order valence-corrected chi connectivity index (χ2v) is 10.1. The Morgan fingerprint density at radius 1 is 1.12 bits per heavy atom. The highest BCUT2D eigenvalue weighted by atomic mass is 35.5. The number of halogens is 1. The van der Waals surface area contributed by atoms with Crippen LogP contribution in [0.4, 0.5) is 5.69 Å². The first kappa shape index (κ1) is 23.3. The van der Waals surface area contributed by atoms with Gasteiger partial charge in [0.05, 0.1) is 15.9 Å². The smallest absolute Gasteiger partial charge is 0.270 e. The Morgan fingerprint density at radius 2 is 1.85 bits per heavy atom. The monoisotopic (exact) mass is 491 g/mol. The van der Waals surface area contributed by atoms with E-state index in [1.54, 1.807) is 25.1 Å². The summed E-state index contributed by atoms with van der Waals surface area (Å²) in [5.74, 6) is 0.789. The molecular formula is C21H22ClN5O5S. The molecule has 1 saturated heterocycles. The number of nitro groups is 1. The Labute approximate surface area is 196 Å². The lowest BCUT2D eigenvalue weighted by Gasteiger charge is -2.36. The Bertz CT molecular complexity index is 1290. The molecule has 0 saturated carbocycles. The molecule has 0 radical (unpaired) electrons. The topological polar surface area (TPSA) is 123 Å². The van der Waals surface area contributed by atoms with Crippen molar-refractivity contribution in [2.75, 3.05) is 26.2 Å². The summed E-state index contributed by atoms with van der Waals surface area (Å²) < 4.78 is 33.5. The van der Waals surface area contributed by atoms with Crippen molar-refractivity contribution in [2.24, 2.45) is 0 Å². The Morgan fingerprint density at radius 3 is 2.52 bits per heavy atom. The van der Waals surface area contributed by atoms with Gasteiger partial charge in [0.1, 0.15) is 0 Å². The fourth-order valence-corrected chi connectivity index (χ4v) is 5.61. The summed E-state index contributed by atoms with van der Waals surface area (Å²) in [5, 5.41) is 19.9. The predicted octanol–water partition coefficient (Wildman–Crippen LogP) is 3.67. The van der Waals surface area contributed by atoms with E-state index < -0.39 is 14.9 Å². The van der Waals surface area contributed by atoms with Crippen LogP contribution in [-0.4, -0.2) is 58.9 Å². The van der Waals surface area contributed by atoms with Crippen molar-refractivity contribution >= 4 is 27.3 Å². The maximum Gasteiger partial charge on any atom is 0.270 e. The summed E-state index contributed by atoms with van der Waals surface area (Å²) in [7, 11) is -3.86. The van der Waals surface area contributed by atoms with Crippen molar-refractivity contribution in [2.45, 2.75) is 24.8 Å². The van der Waals surface area contributed by atoms with Gasteiger partial charge in [-0.3, -0.25) is 15.0 Å². The van der Waals surface area contributed by atoms with E-state index in [1.165, 1.54) is 16.4 Å². The van der Waals surface area contributed by atoms with Crippen LogP contribution in [0.15, 0.2) is 51.8 Å². The fourth-order valence-electron chi connectivity index (χ4n) is 3.75. The van der Waals surface area contributed by atoms with Crippen LogP contribution < -0.4 is 0 Å². The highest BCUT2D eigenvalue weighted by Crippen LogP contribution is 2.29. The molecule has 4 rings (SSSR count). The molecule has 10 nitrogen and oxygen atoms in total. The van der Waals surface area contributed by atoms with Crippen molar-refractivity contribution in [1.29, 1.82) is 0 Å². The van der Waals surface area contributed by atoms with E-state index in [1.807, 2.05) is 13.0 Å². The van der Waals surface area contributed by atoms with E-state index in [2.05, 4.69) is 15.1 Å². The highest BCUT2D eigenvalue weighted by Gasteiger charge is 2.33. The molecule has 0 N–H and O–H groups in total. The minimum atomic E-state index is -3.86. The molecule has 0 bridgehead atoms. The summed E-state index contributed by atoms with van der Waals surface area (Å²) in [6, 6.07) is 10.8. The molecule has 2 heterocycles. The first-order valence-electron chi connectivity index (χ1n) is 10.3. The van der Waals surface area contributed by atoms with Gasteiger partial charge in [-0.25, -0.2) is 8.42 Å². The standard InChI is InChI=1S/C21H22ClN5O5S/c1-14-6-7-18(27(28)29)13-19(14)33(30,31)26-10-8-25(9-11-26)15(2)20-23-24-21(32-20)16-4-3-5-17(22)12-16/h3-7,12-13,15H,8-11H2,1-2H3/t15-/m1/s1. The average Bonchev–Trinajstić information content (AvgIpc) is 3.29. The average molecular weight is 492 g/mol. The van der Waals surface area contributed by atoms with Gasteiger partial charge in [-0.05, 0) is 37.6 Å². The molecule has 2 aromatic carbocycles. The molecule has 0 aliphatic carbocycles. The molecule has 0 amide bonds. The van der Waals surface area contributed by atoms with E-state index in [-0.39, 0.29) is 29.7 Å². The van der Waals surface area contributed by atoms with Crippen LogP contribution in [0.2, 0.25) is 5.02 Å². The van der Waals surface area contributed by atoms with Gasteiger partial charge in [-0.1, -0.05) is 23.7 Å². The molecule has 1 aliphatic rings. The molecule has 12 heteroatoms. The maximum atomic E-state index is 13.2. The van der Waals surface area contributed by atoms with Crippen LogP contribution in [-0.2, 0) is 10.0 Å². The van der Waals surface area contributed by atoms with Crippen LogP contribution in [0.3, 0.4) is 0 Å². The molecule has 0 unspecified atom stereocenters. The lowest BCUT2D eigenvalue weighted by Crippen LogP contribution is -2.49. The third-order valence-electron chi connectivity index (χ3n) is 5.69. The van der Waals surface area contributed by atoms with Gasteiger partial charge in [0.15, 0.2) is 0 Å². The van der Waals surface area contributed by atoms with Gasteiger partial charge in [-0.2, -0.15) is 4.31 Å². The molecule has 33 heavy (non-hydrogen) atoms. The number of aromatic nitrogens is 2. The molecule has 1 atom stereocenters.